The Kier molecular flexibility index (Phi) is 7.48. The van der Waals surface area contributed by atoms with Crippen LogP contribution in [-0.2, 0) is 14.3 Å². The zero-order chi connectivity index (χ0) is 22.5. The Labute approximate surface area is 194 Å². The molecular formula is C26H30ClNO4. The van der Waals surface area contributed by atoms with Crippen molar-refractivity contribution in [3.63, 3.8) is 0 Å². The quantitative estimate of drug-likeness (QED) is 0.504. The number of ether oxygens (including phenoxy) is 2. The van der Waals surface area contributed by atoms with Crippen LogP contribution in [0, 0.1) is 5.92 Å². The van der Waals surface area contributed by atoms with Crippen LogP contribution in [0.5, 0.6) is 0 Å². The van der Waals surface area contributed by atoms with E-state index in [1.807, 2.05) is 61.5 Å². The first-order valence-corrected chi connectivity index (χ1v) is 11.9. The molecule has 2 aromatic rings. The topological polar surface area (TPSA) is 55.8 Å². The number of hydrogen-bond acceptors (Lipinski definition) is 4. The fourth-order valence-electron chi connectivity index (χ4n) is 5.06. The Morgan fingerprint density at radius 2 is 1.78 bits per heavy atom. The second-order valence-corrected chi connectivity index (χ2v) is 9.06. The lowest BCUT2D eigenvalue weighted by molar-refractivity contribution is -0.130. The average Bonchev–Trinajstić information content (AvgIpc) is 3.21. The molecule has 0 N–H and O–H groups in total. The number of rotatable bonds is 7. The third-order valence-corrected chi connectivity index (χ3v) is 6.96. The highest BCUT2D eigenvalue weighted by molar-refractivity contribution is 6.30. The molecule has 2 amide bonds. The summed E-state index contributed by atoms with van der Waals surface area (Å²) in [7, 11) is 0. The van der Waals surface area contributed by atoms with Gasteiger partial charge in [-0.15, -0.1) is 0 Å². The van der Waals surface area contributed by atoms with E-state index in [-0.39, 0.29) is 30.9 Å². The van der Waals surface area contributed by atoms with E-state index in [1.165, 1.54) is 4.90 Å². The minimum atomic E-state index is -0.557. The van der Waals surface area contributed by atoms with Crippen molar-refractivity contribution >= 4 is 23.6 Å². The van der Waals surface area contributed by atoms with E-state index in [2.05, 4.69) is 0 Å². The van der Waals surface area contributed by atoms with Gasteiger partial charge in [0.05, 0.1) is 6.10 Å². The molecule has 5 nitrogen and oxygen atoms in total. The number of amides is 2. The molecule has 0 spiro atoms. The zero-order valence-electron chi connectivity index (χ0n) is 18.4. The first-order chi connectivity index (χ1) is 15.6. The fraction of sp³-hybridized carbons (Fsp3) is 0.462. The van der Waals surface area contributed by atoms with Gasteiger partial charge in [-0.05, 0) is 67.7 Å². The minimum absolute atomic E-state index is 0.0205. The van der Waals surface area contributed by atoms with Crippen molar-refractivity contribution in [1.29, 1.82) is 0 Å². The summed E-state index contributed by atoms with van der Waals surface area (Å²) >= 11 is 6.12. The van der Waals surface area contributed by atoms with Crippen molar-refractivity contribution in [2.75, 3.05) is 13.2 Å². The molecule has 6 heteroatoms. The van der Waals surface area contributed by atoms with Crippen LogP contribution in [0.4, 0.5) is 4.79 Å². The summed E-state index contributed by atoms with van der Waals surface area (Å²) in [5.41, 5.74) is 2.00. The van der Waals surface area contributed by atoms with Crippen LogP contribution in [0.15, 0.2) is 54.6 Å². The Bertz CT molecular complexity index is 909. The van der Waals surface area contributed by atoms with Gasteiger partial charge in [0.15, 0.2) is 0 Å². The van der Waals surface area contributed by atoms with Crippen LogP contribution >= 0.6 is 11.6 Å². The Balaban J connectivity index is 1.54. The van der Waals surface area contributed by atoms with E-state index in [0.717, 1.165) is 43.4 Å². The van der Waals surface area contributed by atoms with Gasteiger partial charge in [-0.2, -0.15) is 0 Å². The number of cyclic esters (lactones) is 1. The van der Waals surface area contributed by atoms with Crippen molar-refractivity contribution < 1.29 is 19.1 Å². The molecule has 1 aliphatic heterocycles. The molecule has 170 valence electrons. The Hall–Kier alpha value is -2.37. The zero-order valence-corrected chi connectivity index (χ0v) is 19.2. The van der Waals surface area contributed by atoms with Crippen LogP contribution in [-0.4, -0.2) is 36.2 Å². The smallest absolute Gasteiger partial charge is 0.417 e. The molecule has 0 radical (unpaired) electrons. The molecule has 2 aliphatic rings. The SMILES string of the molecule is CCO[C@H]1CC[C@H]([C@@H](CC(=O)N2C(=O)OC[C@@H]2c2ccccc2)c2ccc(Cl)cc2)CC1. The average molecular weight is 456 g/mol. The standard InChI is InChI=1S/C26H30ClNO4/c1-2-31-22-14-10-19(11-15-22)23(18-8-12-21(27)13-9-18)16-25(29)28-24(17-32-26(28)30)20-6-4-3-5-7-20/h3-9,12-13,19,22-24H,2,10-11,14-17H2,1H3/t19-,22-,23-,24+/m0/s1. The molecule has 0 aromatic heterocycles. The molecule has 4 rings (SSSR count). The van der Waals surface area contributed by atoms with Gasteiger partial charge >= 0.3 is 6.09 Å². The van der Waals surface area contributed by atoms with E-state index in [0.29, 0.717) is 17.0 Å². The van der Waals surface area contributed by atoms with Crippen LogP contribution < -0.4 is 0 Å². The first kappa shape index (κ1) is 22.8. The number of carbonyl (C=O) groups is 2. The number of imide groups is 1. The molecule has 1 aliphatic carbocycles. The van der Waals surface area contributed by atoms with E-state index in [4.69, 9.17) is 21.1 Å². The van der Waals surface area contributed by atoms with Crippen molar-refractivity contribution in [1.82, 2.24) is 4.90 Å². The van der Waals surface area contributed by atoms with E-state index >= 15 is 0 Å². The maximum atomic E-state index is 13.5. The third kappa shape index (κ3) is 5.16. The van der Waals surface area contributed by atoms with Gasteiger partial charge in [-0.1, -0.05) is 54.1 Å². The summed E-state index contributed by atoms with van der Waals surface area (Å²) in [5.74, 6) is 0.186. The molecule has 0 bridgehead atoms. The number of carbonyl (C=O) groups excluding carboxylic acids is 2. The molecule has 1 saturated carbocycles. The second kappa shape index (κ2) is 10.5. The van der Waals surface area contributed by atoms with Crippen molar-refractivity contribution in [2.24, 2.45) is 5.92 Å². The molecule has 2 atom stereocenters. The predicted molar refractivity (Wildman–Crippen MR) is 124 cm³/mol. The molecule has 1 heterocycles. The summed E-state index contributed by atoms with van der Waals surface area (Å²) in [6.07, 6.45) is 4.00. The fourth-order valence-corrected chi connectivity index (χ4v) is 5.19. The molecule has 32 heavy (non-hydrogen) atoms. The molecular weight excluding hydrogens is 426 g/mol. The minimum Gasteiger partial charge on any atom is -0.446 e. The van der Waals surface area contributed by atoms with E-state index in [1.54, 1.807) is 0 Å². The second-order valence-electron chi connectivity index (χ2n) is 8.62. The Morgan fingerprint density at radius 1 is 1.09 bits per heavy atom. The number of halogens is 1. The summed E-state index contributed by atoms with van der Waals surface area (Å²) in [4.78, 5) is 27.3. The highest BCUT2D eigenvalue weighted by atomic mass is 35.5. The molecule has 0 unspecified atom stereocenters. The van der Waals surface area contributed by atoms with Gasteiger partial charge in [0.2, 0.25) is 5.91 Å². The first-order valence-electron chi connectivity index (χ1n) is 11.5. The lowest BCUT2D eigenvalue weighted by atomic mass is 9.74. The van der Waals surface area contributed by atoms with Gasteiger partial charge in [-0.25, -0.2) is 9.69 Å². The molecule has 2 aromatic carbocycles. The number of nitrogens with zero attached hydrogens (tertiary/aromatic N) is 1. The summed E-state index contributed by atoms with van der Waals surface area (Å²) in [6, 6.07) is 17.0. The van der Waals surface area contributed by atoms with Crippen molar-refractivity contribution in [2.45, 2.75) is 57.1 Å². The number of benzene rings is 2. The monoisotopic (exact) mass is 455 g/mol. The Morgan fingerprint density at radius 3 is 2.44 bits per heavy atom. The van der Waals surface area contributed by atoms with Gasteiger partial charge in [-0.3, -0.25) is 4.79 Å². The van der Waals surface area contributed by atoms with Gasteiger partial charge < -0.3 is 9.47 Å². The van der Waals surface area contributed by atoms with Crippen LogP contribution in [0.2, 0.25) is 5.02 Å². The highest BCUT2D eigenvalue weighted by Gasteiger charge is 2.40. The van der Waals surface area contributed by atoms with Crippen molar-refractivity contribution in [3.8, 4) is 0 Å². The van der Waals surface area contributed by atoms with E-state index in [9.17, 15) is 9.59 Å². The summed E-state index contributed by atoms with van der Waals surface area (Å²) in [6.45, 7) is 2.95. The van der Waals surface area contributed by atoms with Gasteiger partial charge in [0, 0.05) is 18.1 Å². The molecule has 2 fully saturated rings. The number of hydrogen-bond donors (Lipinski definition) is 0. The van der Waals surface area contributed by atoms with Crippen LogP contribution in [0.1, 0.15) is 62.1 Å². The highest BCUT2D eigenvalue weighted by Crippen LogP contribution is 2.40. The van der Waals surface area contributed by atoms with Crippen LogP contribution in [0.25, 0.3) is 0 Å². The lowest BCUT2D eigenvalue weighted by Crippen LogP contribution is -2.36. The predicted octanol–water partition coefficient (Wildman–Crippen LogP) is 6.13. The van der Waals surface area contributed by atoms with E-state index < -0.39 is 6.09 Å². The molecule has 1 saturated heterocycles. The lowest BCUT2D eigenvalue weighted by Gasteiger charge is -2.34. The van der Waals surface area contributed by atoms with Gasteiger partial charge in [0.25, 0.3) is 0 Å². The summed E-state index contributed by atoms with van der Waals surface area (Å²) in [5, 5.41) is 0.672. The van der Waals surface area contributed by atoms with Crippen molar-refractivity contribution in [3.05, 3.63) is 70.7 Å². The maximum Gasteiger partial charge on any atom is 0.417 e. The van der Waals surface area contributed by atoms with Gasteiger partial charge in [0.1, 0.15) is 12.6 Å². The third-order valence-electron chi connectivity index (χ3n) is 6.71. The van der Waals surface area contributed by atoms with Crippen LogP contribution in [0.3, 0.4) is 0 Å². The largest absolute Gasteiger partial charge is 0.446 e. The normalized spacial score (nSPS) is 24.2. The maximum absolute atomic E-state index is 13.5. The summed E-state index contributed by atoms with van der Waals surface area (Å²) < 4.78 is 11.1.